The fraction of sp³-hybridized carbons (Fsp3) is 0.0435. The van der Waals surface area contributed by atoms with Crippen LogP contribution in [-0.2, 0) is 0 Å². The molecule has 0 atom stereocenters. The Morgan fingerprint density at radius 2 is 1.58 bits per heavy atom. The number of urea groups is 1. The minimum atomic E-state index is -0.377. The van der Waals surface area contributed by atoms with Crippen LogP contribution in [0.5, 0.6) is 0 Å². The molecular weight excluding hydrogens is 412 g/mol. The van der Waals surface area contributed by atoms with Crippen molar-refractivity contribution in [3.05, 3.63) is 83.9 Å². The number of hydrogen-bond acceptors (Lipinski definition) is 5. The molecule has 0 radical (unpaired) electrons. The zero-order chi connectivity index (χ0) is 21.5. The lowest BCUT2D eigenvalue weighted by Crippen LogP contribution is -2.31. The molecule has 3 aromatic carbocycles. The average Bonchev–Trinajstić information content (AvgIpc) is 3.32. The number of nitrogens with one attached hydrogen (secondary N) is 1. The third kappa shape index (κ3) is 3.23. The van der Waals surface area contributed by atoms with Crippen molar-refractivity contribution in [1.29, 1.82) is 0 Å². The van der Waals surface area contributed by atoms with E-state index in [2.05, 4.69) is 10.3 Å². The number of carbonyl (C=O) groups is 3. The van der Waals surface area contributed by atoms with E-state index in [1.807, 2.05) is 30.3 Å². The maximum Gasteiger partial charge on any atom is 0.326 e. The molecule has 0 saturated carbocycles. The second-order valence-electron chi connectivity index (χ2n) is 6.99. The van der Waals surface area contributed by atoms with Gasteiger partial charge in [0, 0.05) is 18.4 Å². The minimum Gasteiger partial charge on any atom is -0.307 e. The molecule has 7 nitrogen and oxygen atoms in total. The summed E-state index contributed by atoms with van der Waals surface area (Å²) in [5.41, 5.74) is 2.77. The number of carbonyl (C=O) groups excluding carboxylic acids is 3. The Kier molecular flexibility index (Phi) is 4.48. The maximum atomic E-state index is 12.7. The Bertz CT molecular complexity index is 1310. The lowest BCUT2D eigenvalue weighted by molar-refractivity contribution is 0.0926. The monoisotopic (exact) mass is 428 g/mol. The summed E-state index contributed by atoms with van der Waals surface area (Å²) in [6, 6.07) is 21.0. The van der Waals surface area contributed by atoms with Gasteiger partial charge in [0.05, 0.1) is 21.3 Å². The van der Waals surface area contributed by atoms with Gasteiger partial charge in [-0.15, -0.1) is 0 Å². The number of para-hydroxylation sites is 1. The van der Waals surface area contributed by atoms with E-state index in [9.17, 15) is 14.4 Å². The van der Waals surface area contributed by atoms with Crippen LogP contribution in [0.4, 0.5) is 21.3 Å². The van der Waals surface area contributed by atoms with Gasteiger partial charge in [0.2, 0.25) is 5.13 Å². The lowest BCUT2D eigenvalue weighted by Gasteiger charge is -2.18. The number of imide groups is 1. The van der Waals surface area contributed by atoms with E-state index in [4.69, 9.17) is 0 Å². The lowest BCUT2D eigenvalue weighted by atomic mass is 10.1. The normalized spacial score (nSPS) is 12.9. The first-order valence-corrected chi connectivity index (χ1v) is 10.3. The number of fused-ring (bicyclic) bond motifs is 2. The quantitative estimate of drug-likeness (QED) is 0.477. The van der Waals surface area contributed by atoms with E-state index in [0.717, 1.165) is 15.3 Å². The molecule has 0 bridgehead atoms. The maximum absolute atomic E-state index is 12.7. The summed E-state index contributed by atoms with van der Waals surface area (Å²) in [4.78, 5) is 45.1. The molecule has 8 heteroatoms. The number of nitrogens with zero attached hydrogens (tertiary/aromatic N) is 3. The summed E-state index contributed by atoms with van der Waals surface area (Å²) in [5.74, 6) is -0.754. The first-order valence-electron chi connectivity index (χ1n) is 9.51. The number of benzene rings is 3. The fourth-order valence-corrected chi connectivity index (χ4v) is 4.43. The largest absolute Gasteiger partial charge is 0.326 e. The Labute approximate surface area is 181 Å². The minimum absolute atomic E-state index is 0.282. The van der Waals surface area contributed by atoms with Crippen LogP contribution >= 0.6 is 11.3 Å². The van der Waals surface area contributed by atoms with Gasteiger partial charge in [0.1, 0.15) is 0 Å². The molecule has 1 N–H and O–H groups in total. The number of amides is 4. The van der Waals surface area contributed by atoms with E-state index in [1.165, 1.54) is 16.2 Å². The summed E-state index contributed by atoms with van der Waals surface area (Å²) >= 11 is 1.23. The Balaban J connectivity index is 1.41. The van der Waals surface area contributed by atoms with Crippen molar-refractivity contribution < 1.29 is 14.4 Å². The van der Waals surface area contributed by atoms with E-state index in [-0.39, 0.29) is 17.8 Å². The Morgan fingerprint density at radius 3 is 2.26 bits per heavy atom. The third-order valence-electron chi connectivity index (χ3n) is 5.06. The molecule has 0 aliphatic carbocycles. The number of aromatic nitrogens is 1. The van der Waals surface area contributed by atoms with Crippen molar-refractivity contribution in [2.45, 2.75) is 0 Å². The molecule has 1 aliphatic heterocycles. The molecule has 1 aliphatic rings. The molecule has 4 aromatic rings. The van der Waals surface area contributed by atoms with Crippen LogP contribution in [0.15, 0.2) is 72.8 Å². The van der Waals surface area contributed by atoms with Crippen molar-refractivity contribution >= 4 is 55.9 Å². The van der Waals surface area contributed by atoms with Gasteiger partial charge in [0.25, 0.3) is 11.8 Å². The summed E-state index contributed by atoms with van der Waals surface area (Å²) in [7, 11) is 1.69. The molecule has 152 valence electrons. The van der Waals surface area contributed by atoms with Crippen LogP contribution < -0.4 is 15.1 Å². The van der Waals surface area contributed by atoms with Crippen LogP contribution in [0, 0.1) is 0 Å². The number of thiazole rings is 1. The van der Waals surface area contributed by atoms with Crippen LogP contribution in [0.2, 0.25) is 0 Å². The first kappa shape index (κ1) is 19.0. The van der Waals surface area contributed by atoms with Gasteiger partial charge >= 0.3 is 6.03 Å². The highest BCUT2D eigenvalue weighted by Gasteiger charge is 2.38. The van der Waals surface area contributed by atoms with Crippen LogP contribution in [0.25, 0.3) is 10.2 Å². The second kappa shape index (κ2) is 7.33. The highest BCUT2D eigenvalue weighted by atomic mass is 32.1. The molecule has 1 aromatic heterocycles. The third-order valence-corrected chi connectivity index (χ3v) is 6.07. The number of anilines is 3. The topological polar surface area (TPSA) is 82.6 Å². The van der Waals surface area contributed by atoms with Gasteiger partial charge in [-0.1, -0.05) is 41.7 Å². The van der Waals surface area contributed by atoms with Gasteiger partial charge in [-0.2, -0.15) is 0 Å². The molecule has 5 rings (SSSR count). The predicted molar refractivity (Wildman–Crippen MR) is 121 cm³/mol. The predicted octanol–water partition coefficient (Wildman–Crippen LogP) is 4.77. The second-order valence-corrected chi connectivity index (χ2v) is 8.00. The summed E-state index contributed by atoms with van der Waals surface area (Å²) in [5, 5.41) is 3.17. The van der Waals surface area contributed by atoms with E-state index < -0.39 is 0 Å². The van der Waals surface area contributed by atoms with Crippen molar-refractivity contribution in [2.75, 3.05) is 22.2 Å². The van der Waals surface area contributed by atoms with Crippen molar-refractivity contribution in [3.63, 3.8) is 0 Å². The molecule has 4 amide bonds. The van der Waals surface area contributed by atoms with Gasteiger partial charge in [-0.25, -0.2) is 14.7 Å². The highest BCUT2D eigenvalue weighted by molar-refractivity contribution is 7.22. The summed E-state index contributed by atoms with van der Waals surface area (Å²) < 4.78 is 0.756. The Morgan fingerprint density at radius 1 is 0.935 bits per heavy atom. The van der Waals surface area contributed by atoms with E-state index in [1.54, 1.807) is 49.5 Å². The first-order chi connectivity index (χ1) is 15.0. The fourth-order valence-electron chi connectivity index (χ4n) is 3.43. The summed E-state index contributed by atoms with van der Waals surface area (Å²) in [6.45, 7) is 0. The molecule has 31 heavy (non-hydrogen) atoms. The molecule has 0 unspecified atom stereocenters. The molecule has 0 saturated heterocycles. The van der Waals surface area contributed by atoms with E-state index >= 15 is 0 Å². The van der Waals surface area contributed by atoms with Crippen LogP contribution in [-0.4, -0.2) is 29.9 Å². The number of rotatable bonds is 3. The zero-order valence-electron chi connectivity index (χ0n) is 16.4. The summed E-state index contributed by atoms with van der Waals surface area (Å²) in [6.07, 6.45) is 0. The Hall–Kier alpha value is -4.04. The zero-order valence-corrected chi connectivity index (χ0v) is 17.2. The molecule has 0 fully saturated rings. The standard InChI is InChI=1S/C23H16N4O3S/c1-26(15-7-3-2-4-8-15)22(30)24-14-11-12-18-19(13-14)31-23(25-18)27-20(28)16-9-5-6-10-17(16)21(27)29/h2-13H,1H3,(H,24,30). The average molecular weight is 428 g/mol. The molecule has 0 spiro atoms. The number of hydrogen-bond donors (Lipinski definition) is 1. The van der Waals surface area contributed by atoms with Gasteiger partial charge < -0.3 is 5.32 Å². The van der Waals surface area contributed by atoms with Crippen molar-refractivity contribution in [1.82, 2.24) is 4.98 Å². The smallest absolute Gasteiger partial charge is 0.307 e. The van der Waals surface area contributed by atoms with Crippen LogP contribution in [0.1, 0.15) is 20.7 Å². The van der Waals surface area contributed by atoms with Crippen molar-refractivity contribution in [2.24, 2.45) is 0 Å². The van der Waals surface area contributed by atoms with Crippen LogP contribution in [0.3, 0.4) is 0 Å². The highest BCUT2D eigenvalue weighted by Crippen LogP contribution is 2.35. The van der Waals surface area contributed by atoms with Gasteiger partial charge in [-0.05, 0) is 42.5 Å². The van der Waals surface area contributed by atoms with Gasteiger partial charge in [0.15, 0.2) is 0 Å². The molecule has 2 heterocycles. The molecular formula is C23H16N4O3S. The van der Waals surface area contributed by atoms with E-state index in [0.29, 0.717) is 27.5 Å². The van der Waals surface area contributed by atoms with Gasteiger partial charge in [-0.3, -0.25) is 14.5 Å². The SMILES string of the molecule is CN(C(=O)Nc1ccc2nc(N3C(=O)c4ccccc4C3=O)sc2c1)c1ccccc1. The van der Waals surface area contributed by atoms with Crippen molar-refractivity contribution in [3.8, 4) is 0 Å².